The van der Waals surface area contributed by atoms with Crippen LogP contribution in [0.15, 0.2) is 0 Å². The van der Waals surface area contributed by atoms with Crippen LogP contribution in [0.5, 0.6) is 0 Å². The van der Waals surface area contributed by atoms with Crippen LogP contribution in [0.3, 0.4) is 0 Å². The van der Waals surface area contributed by atoms with Gasteiger partial charge in [0.1, 0.15) is 91.2 Å². The van der Waals surface area contributed by atoms with Crippen molar-refractivity contribution in [1.82, 2.24) is 47.9 Å². The number of carbonyl (C=O) groups is 9. The lowest BCUT2D eigenvalue weighted by Gasteiger charge is -2.42. The molecule has 36 heteroatoms. The van der Waals surface area contributed by atoms with Crippen LogP contribution in [0.2, 0.25) is 0 Å². The first-order valence-corrected chi connectivity index (χ1v) is 39.3. The first-order valence-electron chi connectivity index (χ1n) is 39.3. The first-order chi connectivity index (χ1) is 52.2. The summed E-state index contributed by atoms with van der Waals surface area (Å²) in [7, 11) is 0. The highest BCUT2D eigenvalue weighted by atomic mass is 16.7. The van der Waals surface area contributed by atoms with E-state index in [4.69, 9.17) is 37.9 Å². The molecule has 4 saturated heterocycles. The van der Waals surface area contributed by atoms with Crippen LogP contribution >= 0.6 is 0 Å². The van der Waals surface area contributed by atoms with Gasteiger partial charge in [-0.1, -0.05) is 77.0 Å². The van der Waals surface area contributed by atoms with E-state index < -0.39 is 183 Å². The number of rotatable bonds is 56. The normalized spacial score (nSPS) is 27.4. The van der Waals surface area contributed by atoms with Gasteiger partial charge in [0.15, 0.2) is 18.9 Å². The van der Waals surface area contributed by atoms with Crippen LogP contribution in [0.1, 0.15) is 208 Å². The summed E-state index contributed by atoms with van der Waals surface area (Å²) < 4.78 is 45.8. The third-order valence-corrected chi connectivity index (χ3v) is 19.3. The molecule has 4 aliphatic rings. The molecule has 630 valence electrons. The molecule has 0 aromatic carbocycles. The number of amides is 9. The Morgan fingerprint density at radius 2 is 0.716 bits per heavy atom. The van der Waals surface area contributed by atoms with E-state index in [1.807, 2.05) is 13.8 Å². The Kier molecular flexibility index (Phi) is 47.7. The highest BCUT2D eigenvalue weighted by Crippen LogP contribution is 2.27. The van der Waals surface area contributed by atoms with Gasteiger partial charge in [0.25, 0.3) is 0 Å². The van der Waals surface area contributed by atoms with Crippen molar-refractivity contribution < 1.29 is 132 Å². The van der Waals surface area contributed by atoms with E-state index in [9.17, 15) is 94.2 Å². The molecule has 0 spiro atoms. The largest absolute Gasteiger partial charge is 0.394 e. The van der Waals surface area contributed by atoms with Crippen LogP contribution in [-0.4, -0.2) is 305 Å². The second kappa shape index (κ2) is 54.3. The standard InChI is InChI=1S/C73H131N9O27/c1-44(2)105-43-55-51(89)38-48(106-55)39-77-56(90)26-18-10-8-6-7-9-11-19-27-58(92)81-50(70(101)76-34-22-14-17-25-37-104-73-62(80-47(5)88)68(99)65(96)54(42-85)109-73)29-31-59(93)82-49(69(100)75-33-21-13-16-24-36-103-72-61(79-46(4)87)67(98)64(95)53(41-84)108-72)28-30-57(91)74-32-20-12-15-23-35-102-71-60(78-45(3)86)66(97)63(94)52(40-83)107-71/h44,48-55,60-68,71-73,83-85,89,94-99H,6-43H2,1-5H3,(H,74,91)(H,75,100)(H,76,101)(H,77,90)(H,78,86)(H,79,87)(H,80,88)(H,81,92)(H,82,93)/t48-,49?,50?,51+,52-,53?,54?,55-,60?,61?,62?,63?,64?,65?,66?,67?,68?,71?,72?,73?/m1/s1. The summed E-state index contributed by atoms with van der Waals surface area (Å²) in [6.07, 6.45) is -3.29. The SMILES string of the molecule is CC(=O)NC1C(OCCCCCCNC(=O)C(CCC(=O)NCCCCCCOC2O[C@H](CO)C(O)C(O)C2NC(C)=O)NC(=O)CCC(NC(=O)CCCCCCCCCCC(=O)NC[C@H]2C[C@H](O)[C@@H](COC(C)C)O2)C(=O)NCCCCCCOC2OC(CO)C(O)C(O)C2NC(C)=O)OC(CO)C(O)C1O. The Balaban J connectivity index is 1.30. The van der Waals surface area contributed by atoms with Gasteiger partial charge in [0.05, 0.1) is 44.7 Å². The Hall–Kier alpha value is -5.49. The fraction of sp³-hybridized carbons (Fsp3) is 0.877. The Labute approximate surface area is 639 Å². The van der Waals surface area contributed by atoms with Gasteiger partial charge in [-0.25, -0.2) is 0 Å². The summed E-state index contributed by atoms with van der Waals surface area (Å²) in [5.74, 6) is -4.05. The van der Waals surface area contributed by atoms with Crippen LogP contribution in [0.4, 0.5) is 0 Å². The molecule has 19 N–H and O–H groups in total. The van der Waals surface area contributed by atoms with E-state index in [0.29, 0.717) is 109 Å². The number of carbonyl (C=O) groups excluding carboxylic acids is 9. The van der Waals surface area contributed by atoms with Crippen molar-refractivity contribution >= 4 is 53.2 Å². The molecule has 20 atom stereocenters. The van der Waals surface area contributed by atoms with Gasteiger partial charge in [-0.05, 0) is 78.1 Å². The molecule has 4 fully saturated rings. The maximum atomic E-state index is 13.9. The number of aliphatic hydroxyl groups is 10. The molecule has 109 heavy (non-hydrogen) atoms. The van der Waals surface area contributed by atoms with Crippen molar-refractivity contribution in [2.45, 2.75) is 336 Å². The Morgan fingerprint density at radius 3 is 1.09 bits per heavy atom. The van der Waals surface area contributed by atoms with Crippen molar-refractivity contribution in [1.29, 1.82) is 0 Å². The van der Waals surface area contributed by atoms with Crippen LogP contribution in [-0.2, 0) is 81.0 Å². The van der Waals surface area contributed by atoms with E-state index in [-0.39, 0.29) is 89.7 Å². The average Bonchev–Trinajstić information content (AvgIpc) is 1.44. The number of nitrogens with one attached hydrogen (secondary N) is 9. The number of aliphatic hydroxyl groups excluding tert-OH is 10. The van der Waals surface area contributed by atoms with Gasteiger partial charge < -0.3 is 137 Å². The third kappa shape index (κ3) is 37.4. The number of hydrogen-bond acceptors (Lipinski definition) is 27. The predicted octanol–water partition coefficient (Wildman–Crippen LogP) is -2.61. The monoisotopic (exact) mass is 1570 g/mol. The van der Waals surface area contributed by atoms with Gasteiger partial charge in [0, 0.05) is 98.9 Å². The minimum absolute atomic E-state index is 0.0148. The molecular formula is C73H131N9O27. The highest BCUT2D eigenvalue weighted by molar-refractivity contribution is 5.90. The molecule has 0 bridgehead atoms. The molecule has 4 heterocycles. The molecule has 0 radical (unpaired) electrons. The van der Waals surface area contributed by atoms with Crippen molar-refractivity contribution in [2.24, 2.45) is 0 Å². The predicted molar refractivity (Wildman–Crippen MR) is 390 cm³/mol. The maximum absolute atomic E-state index is 13.9. The van der Waals surface area contributed by atoms with Crippen LogP contribution in [0, 0.1) is 0 Å². The van der Waals surface area contributed by atoms with Crippen molar-refractivity contribution in [2.75, 3.05) is 72.4 Å². The molecule has 0 aromatic rings. The average molecular weight is 1570 g/mol. The van der Waals surface area contributed by atoms with Crippen molar-refractivity contribution in [3.63, 3.8) is 0 Å². The summed E-state index contributed by atoms with van der Waals surface area (Å²) >= 11 is 0. The zero-order valence-electron chi connectivity index (χ0n) is 64.4. The van der Waals surface area contributed by atoms with Crippen molar-refractivity contribution in [3.05, 3.63) is 0 Å². The molecule has 36 nitrogen and oxygen atoms in total. The minimum atomic E-state index is -1.47. The Morgan fingerprint density at radius 1 is 0.385 bits per heavy atom. The van der Waals surface area contributed by atoms with E-state index in [1.165, 1.54) is 20.8 Å². The van der Waals surface area contributed by atoms with Gasteiger partial charge in [-0.3, -0.25) is 43.2 Å². The lowest BCUT2D eigenvalue weighted by Crippen LogP contribution is -2.64. The second-order valence-electron chi connectivity index (χ2n) is 29.0. The second-order valence-corrected chi connectivity index (χ2v) is 29.0. The van der Waals surface area contributed by atoms with Crippen LogP contribution in [0.25, 0.3) is 0 Å². The van der Waals surface area contributed by atoms with E-state index in [1.54, 1.807) is 0 Å². The summed E-state index contributed by atoms with van der Waals surface area (Å²) in [6.45, 7) is 7.47. The summed E-state index contributed by atoms with van der Waals surface area (Å²) in [4.78, 5) is 117. The van der Waals surface area contributed by atoms with Crippen molar-refractivity contribution in [3.8, 4) is 0 Å². The summed E-state index contributed by atoms with van der Waals surface area (Å²) in [5, 5.41) is 127. The summed E-state index contributed by atoms with van der Waals surface area (Å²) in [6, 6.07) is -5.61. The van der Waals surface area contributed by atoms with E-state index >= 15 is 0 Å². The summed E-state index contributed by atoms with van der Waals surface area (Å²) in [5.41, 5.74) is 0. The molecule has 9 amide bonds. The number of unbranched alkanes of at least 4 members (excludes halogenated alkanes) is 16. The quantitative estimate of drug-likeness (QED) is 0.0277. The molecule has 16 unspecified atom stereocenters. The fourth-order valence-corrected chi connectivity index (χ4v) is 13.1. The number of ether oxygens (including phenoxy) is 8. The van der Waals surface area contributed by atoms with Gasteiger partial charge in [0.2, 0.25) is 53.2 Å². The third-order valence-electron chi connectivity index (χ3n) is 19.3. The minimum Gasteiger partial charge on any atom is -0.394 e. The van der Waals surface area contributed by atoms with Gasteiger partial charge in [-0.15, -0.1) is 0 Å². The lowest BCUT2D eigenvalue weighted by atomic mass is 9.97. The molecule has 0 aromatic heterocycles. The maximum Gasteiger partial charge on any atom is 0.242 e. The molecule has 0 aliphatic carbocycles. The van der Waals surface area contributed by atoms with Gasteiger partial charge in [-0.2, -0.15) is 0 Å². The van der Waals surface area contributed by atoms with Crippen LogP contribution < -0.4 is 47.9 Å². The molecule has 4 rings (SSSR count). The van der Waals surface area contributed by atoms with E-state index in [2.05, 4.69) is 47.9 Å². The topological polar surface area (TPSA) is 538 Å². The molecular weight excluding hydrogens is 1430 g/mol. The van der Waals surface area contributed by atoms with Gasteiger partial charge >= 0.3 is 0 Å². The van der Waals surface area contributed by atoms with E-state index in [0.717, 1.165) is 44.9 Å². The fourth-order valence-electron chi connectivity index (χ4n) is 13.1. The molecule has 0 saturated carbocycles. The Bertz CT molecular complexity index is 2650. The lowest BCUT2D eigenvalue weighted by molar-refractivity contribution is -0.270. The smallest absolute Gasteiger partial charge is 0.242 e. The highest BCUT2D eigenvalue weighted by Gasteiger charge is 2.48. The number of hydrogen-bond donors (Lipinski definition) is 19. The molecule has 4 aliphatic heterocycles. The zero-order chi connectivity index (χ0) is 80.2. The zero-order valence-corrected chi connectivity index (χ0v) is 64.4. The first kappa shape index (κ1) is 95.9.